The van der Waals surface area contributed by atoms with Gasteiger partial charge in [0, 0.05) is 6.61 Å². The maximum absolute atomic E-state index is 9.41. The molecule has 3 heteroatoms. The highest BCUT2D eigenvalue weighted by molar-refractivity contribution is 4.72. The number of hydrogen-bond donors (Lipinski definition) is 1. The molecule has 3 nitrogen and oxygen atoms in total. The van der Waals surface area contributed by atoms with Crippen molar-refractivity contribution in [1.29, 1.82) is 0 Å². The molecular weight excluding hydrogens is 180 g/mol. The highest BCUT2D eigenvalue weighted by Crippen LogP contribution is 2.20. The van der Waals surface area contributed by atoms with Gasteiger partial charge in [-0.2, -0.15) is 0 Å². The van der Waals surface area contributed by atoms with Crippen molar-refractivity contribution >= 4 is 0 Å². The van der Waals surface area contributed by atoms with E-state index in [1.54, 1.807) is 0 Å². The second-order valence-electron chi connectivity index (χ2n) is 3.93. The summed E-state index contributed by atoms with van der Waals surface area (Å²) in [4.78, 5) is 0. The molecule has 2 unspecified atom stereocenters. The van der Waals surface area contributed by atoms with Crippen LogP contribution in [0.1, 0.15) is 39.0 Å². The Bertz CT molecular complexity index is 138. The minimum atomic E-state index is -0.148. The third-order valence-electron chi connectivity index (χ3n) is 2.53. The Kier molecular flexibility index (Phi) is 6.15. The molecule has 0 aliphatic heterocycles. The topological polar surface area (TPSA) is 38.7 Å². The van der Waals surface area contributed by atoms with E-state index in [9.17, 15) is 5.11 Å². The van der Waals surface area contributed by atoms with E-state index in [0.717, 1.165) is 38.7 Å². The number of aliphatic hydroxyl groups is 1. The van der Waals surface area contributed by atoms with Gasteiger partial charge in [0.05, 0.1) is 25.4 Å². The van der Waals surface area contributed by atoms with Crippen LogP contribution in [0.5, 0.6) is 0 Å². The van der Waals surface area contributed by atoms with Crippen LogP contribution in [-0.2, 0) is 9.47 Å². The van der Waals surface area contributed by atoms with Crippen LogP contribution in [0, 0.1) is 0 Å². The Labute approximate surface area is 86.4 Å². The normalized spacial score (nSPS) is 27.9. The Balaban J connectivity index is 1.95. The third kappa shape index (κ3) is 4.94. The lowest BCUT2D eigenvalue weighted by Gasteiger charge is -2.25. The van der Waals surface area contributed by atoms with E-state index in [1.807, 2.05) is 0 Å². The molecule has 14 heavy (non-hydrogen) atoms. The van der Waals surface area contributed by atoms with Crippen molar-refractivity contribution in [3.05, 3.63) is 0 Å². The zero-order valence-corrected chi connectivity index (χ0v) is 9.08. The maximum atomic E-state index is 9.41. The lowest BCUT2D eigenvalue weighted by Crippen LogP contribution is -2.27. The summed E-state index contributed by atoms with van der Waals surface area (Å²) in [6.45, 7) is 4.26. The largest absolute Gasteiger partial charge is 0.393 e. The molecule has 0 aromatic rings. The van der Waals surface area contributed by atoms with E-state index < -0.39 is 0 Å². The lowest BCUT2D eigenvalue weighted by atomic mass is 9.95. The molecule has 0 bridgehead atoms. The predicted molar refractivity (Wildman–Crippen MR) is 55.3 cm³/mol. The second kappa shape index (κ2) is 7.21. The van der Waals surface area contributed by atoms with Gasteiger partial charge in [0.1, 0.15) is 0 Å². The van der Waals surface area contributed by atoms with Crippen LogP contribution in [0.25, 0.3) is 0 Å². The van der Waals surface area contributed by atoms with Gasteiger partial charge in [-0.15, -0.1) is 0 Å². The second-order valence-corrected chi connectivity index (χ2v) is 3.93. The van der Waals surface area contributed by atoms with Gasteiger partial charge in [-0.25, -0.2) is 0 Å². The van der Waals surface area contributed by atoms with Crippen molar-refractivity contribution in [2.75, 3.05) is 19.8 Å². The lowest BCUT2D eigenvalue weighted by molar-refractivity contribution is -0.0367. The molecule has 0 radical (unpaired) electrons. The Hall–Kier alpha value is -0.120. The first-order valence-electron chi connectivity index (χ1n) is 5.70. The van der Waals surface area contributed by atoms with Crippen LogP contribution in [0.3, 0.4) is 0 Å². The average molecular weight is 202 g/mol. The molecule has 1 aliphatic rings. The molecule has 1 N–H and O–H groups in total. The number of rotatable bonds is 6. The van der Waals surface area contributed by atoms with Gasteiger partial charge in [-0.05, 0) is 32.1 Å². The third-order valence-corrected chi connectivity index (χ3v) is 2.53. The monoisotopic (exact) mass is 202 g/mol. The molecular formula is C11H22O3. The van der Waals surface area contributed by atoms with Gasteiger partial charge in [-0.1, -0.05) is 6.92 Å². The first-order valence-corrected chi connectivity index (χ1v) is 5.70. The molecule has 84 valence electrons. The SMILES string of the molecule is CCCOCCOC1CCCC(O)C1. The Morgan fingerprint density at radius 1 is 1.21 bits per heavy atom. The first-order chi connectivity index (χ1) is 6.83. The van der Waals surface area contributed by atoms with Gasteiger partial charge in [-0.3, -0.25) is 0 Å². The zero-order chi connectivity index (χ0) is 10.2. The number of hydrogen-bond acceptors (Lipinski definition) is 3. The van der Waals surface area contributed by atoms with E-state index in [4.69, 9.17) is 9.47 Å². The van der Waals surface area contributed by atoms with Gasteiger partial charge in [0.15, 0.2) is 0 Å². The minimum Gasteiger partial charge on any atom is -0.393 e. The number of ether oxygens (including phenoxy) is 2. The van der Waals surface area contributed by atoms with Crippen molar-refractivity contribution < 1.29 is 14.6 Å². The Morgan fingerprint density at radius 3 is 2.79 bits per heavy atom. The maximum Gasteiger partial charge on any atom is 0.0704 e. The quantitative estimate of drug-likeness (QED) is 0.667. The van der Waals surface area contributed by atoms with Crippen LogP contribution in [-0.4, -0.2) is 37.1 Å². The van der Waals surface area contributed by atoms with E-state index in [2.05, 4.69) is 6.92 Å². The molecule has 1 fully saturated rings. The Morgan fingerprint density at radius 2 is 2.07 bits per heavy atom. The molecule has 0 saturated heterocycles. The predicted octanol–water partition coefficient (Wildman–Crippen LogP) is 1.73. The summed E-state index contributed by atoms with van der Waals surface area (Å²) >= 11 is 0. The molecule has 0 amide bonds. The van der Waals surface area contributed by atoms with Crippen LogP contribution in [0.2, 0.25) is 0 Å². The van der Waals surface area contributed by atoms with Crippen molar-refractivity contribution in [1.82, 2.24) is 0 Å². The van der Waals surface area contributed by atoms with E-state index in [0.29, 0.717) is 13.2 Å². The minimum absolute atomic E-state index is 0.148. The highest BCUT2D eigenvalue weighted by Gasteiger charge is 2.20. The molecule has 0 aromatic heterocycles. The summed E-state index contributed by atoms with van der Waals surface area (Å²) in [6, 6.07) is 0. The van der Waals surface area contributed by atoms with Crippen LogP contribution in [0.4, 0.5) is 0 Å². The highest BCUT2D eigenvalue weighted by atomic mass is 16.5. The molecule has 0 aromatic carbocycles. The van der Waals surface area contributed by atoms with Crippen molar-refractivity contribution in [3.63, 3.8) is 0 Å². The smallest absolute Gasteiger partial charge is 0.0704 e. The molecule has 1 saturated carbocycles. The fraction of sp³-hybridized carbons (Fsp3) is 1.00. The first kappa shape index (κ1) is 12.0. The van der Waals surface area contributed by atoms with E-state index in [-0.39, 0.29) is 12.2 Å². The summed E-state index contributed by atoms with van der Waals surface area (Å²) in [5.41, 5.74) is 0. The van der Waals surface area contributed by atoms with Crippen molar-refractivity contribution in [2.24, 2.45) is 0 Å². The molecule has 2 atom stereocenters. The fourth-order valence-electron chi connectivity index (χ4n) is 1.79. The summed E-state index contributed by atoms with van der Waals surface area (Å²) in [5, 5.41) is 9.41. The average Bonchev–Trinajstić information content (AvgIpc) is 2.18. The van der Waals surface area contributed by atoms with Crippen LogP contribution >= 0.6 is 0 Å². The summed E-state index contributed by atoms with van der Waals surface area (Å²) in [5.74, 6) is 0. The summed E-state index contributed by atoms with van der Waals surface area (Å²) in [7, 11) is 0. The van der Waals surface area contributed by atoms with Crippen LogP contribution in [0.15, 0.2) is 0 Å². The van der Waals surface area contributed by atoms with Crippen LogP contribution < -0.4 is 0 Å². The van der Waals surface area contributed by atoms with Gasteiger partial charge in [0.2, 0.25) is 0 Å². The molecule has 1 rings (SSSR count). The summed E-state index contributed by atoms with van der Waals surface area (Å²) < 4.78 is 10.9. The van der Waals surface area contributed by atoms with E-state index in [1.165, 1.54) is 0 Å². The van der Waals surface area contributed by atoms with Crippen molar-refractivity contribution in [3.8, 4) is 0 Å². The standard InChI is InChI=1S/C11H22O3/c1-2-6-13-7-8-14-11-5-3-4-10(12)9-11/h10-12H,2-9H2,1H3. The fourth-order valence-corrected chi connectivity index (χ4v) is 1.79. The van der Waals surface area contributed by atoms with Gasteiger partial charge in [0.25, 0.3) is 0 Å². The van der Waals surface area contributed by atoms with Gasteiger partial charge >= 0.3 is 0 Å². The van der Waals surface area contributed by atoms with Gasteiger partial charge < -0.3 is 14.6 Å². The molecule has 0 spiro atoms. The van der Waals surface area contributed by atoms with E-state index >= 15 is 0 Å². The molecule has 1 aliphatic carbocycles. The zero-order valence-electron chi connectivity index (χ0n) is 9.08. The number of aliphatic hydroxyl groups excluding tert-OH is 1. The van der Waals surface area contributed by atoms with Crippen molar-refractivity contribution in [2.45, 2.75) is 51.2 Å². The summed E-state index contributed by atoms with van der Waals surface area (Å²) in [6.07, 6.45) is 5.07. The molecule has 0 heterocycles.